The molecule has 0 aliphatic carbocycles. The molecule has 2 rings (SSSR count). The van der Waals surface area contributed by atoms with E-state index in [0.29, 0.717) is 28.3 Å². The SMILES string of the molecule is CCNC(c1cc(Cl)c(OCC)cc1Cl)C1CCCOC1. The van der Waals surface area contributed by atoms with Gasteiger partial charge in [-0.2, -0.15) is 0 Å². The highest BCUT2D eigenvalue weighted by atomic mass is 35.5. The lowest BCUT2D eigenvalue weighted by Crippen LogP contribution is -2.33. The lowest BCUT2D eigenvalue weighted by Gasteiger charge is -2.32. The normalized spacial score (nSPS) is 20.3. The molecule has 3 nitrogen and oxygen atoms in total. The number of rotatable bonds is 6. The minimum atomic E-state index is 0.163. The average molecular weight is 332 g/mol. The molecule has 1 heterocycles. The van der Waals surface area contributed by atoms with Crippen molar-refractivity contribution < 1.29 is 9.47 Å². The Morgan fingerprint density at radius 2 is 2.14 bits per heavy atom. The Kier molecular flexibility index (Phi) is 6.62. The van der Waals surface area contributed by atoms with Crippen LogP contribution in [0.2, 0.25) is 10.0 Å². The Bertz CT molecular complexity index is 462. The van der Waals surface area contributed by atoms with Crippen molar-refractivity contribution in [2.24, 2.45) is 5.92 Å². The Balaban J connectivity index is 2.28. The largest absolute Gasteiger partial charge is 0.492 e. The highest BCUT2D eigenvalue weighted by Crippen LogP contribution is 2.38. The first-order chi connectivity index (χ1) is 10.2. The minimum absolute atomic E-state index is 0.163. The second-order valence-electron chi connectivity index (χ2n) is 5.25. The Labute approximate surface area is 136 Å². The summed E-state index contributed by atoms with van der Waals surface area (Å²) in [4.78, 5) is 0. The predicted molar refractivity (Wildman–Crippen MR) is 87.6 cm³/mol. The molecule has 2 unspecified atom stereocenters. The van der Waals surface area contributed by atoms with Gasteiger partial charge < -0.3 is 14.8 Å². The first-order valence-electron chi connectivity index (χ1n) is 7.60. The summed E-state index contributed by atoms with van der Waals surface area (Å²) < 4.78 is 11.1. The molecule has 1 aliphatic heterocycles. The van der Waals surface area contributed by atoms with Gasteiger partial charge in [0.2, 0.25) is 0 Å². The maximum Gasteiger partial charge on any atom is 0.139 e. The fourth-order valence-corrected chi connectivity index (χ4v) is 3.33. The van der Waals surface area contributed by atoms with E-state index in [9.17, 15) is 0 Å². The van der Waals surface area contributed by atoms with E-state index in [0.717, 1.165) is 38.2 Å². The van der Waals surface area contributed by atoms with Crippen LogP contribution in [-0.2, 0) is 4.74 Å². The molecule has 1 saturated heterocycles. The van der Waals surface area contributed by atoms with Crippen LogP contribution in [0.3, 0.4) is 0 Å². The van der Waals surface area contributed by atoms with Gasteiger partial charge in [-0.25, -0.2) is 0 Å². The van der Waals surface area contributed by atoms with Gasteiger partial charge in [0.1, 0.15) is 5.75 Å². The smallest absolute Gasteiger partial charge is 0.139 e. The van der Waals surface area contributed by atoms with Crippen molar-refractivity contribution in [3.8, 4) is 5.75 Å². The highest BCUT2D eigenvalue weighted by molar-refractivity contribution is 6.34. The second kappa shape index (κ2) is 8.23. The highest BCUT2D eigenvalue weighted by Gasteiger charge is 2.27. The van der Waals surface area contributed by atoms with E-state index in [1.807, 2.05) is 19.1 Å². The van der Waals surface area contributed by atoms with E-state index in [1.165, 1.54) is 0 Å². The van der Waals surface area contributed by atoms with Crippen LogP contribution in [0.15, 0.2) is 12.1 Å². The van der Waals surface area contributed by atoms with Crippen LogP contribution in [0.4, 0.5) is 0 Å². The Hall–Kier alpha value is -0.480. The van der Waals surface area contributed by atoms with Gasteiger partial charge >= 0.3 is 0 Å². The molecule has 118 valence electrons. The molecule has 1 N–H and O–H groups in total. The molecule has 0 spiro atoms. The number of halogens is 2. The van der Waals surface area contributed by atoms with E-state index in [1.54, 1.807) is 0 Å². The zero-order valence-electron chi connectivity index (χ0n) is 12.6. The van der Waals surface area contributed by atoms with Crippen LogP contribution in [0, 0.1) is 5.92 Å². The van der Waals surface area contributed by atoms with Crippen molar-refractivity contribution in [3.63, 3.8) is 0 Å². The van der Waals surface area contributed by atoms with Gasteiger partial charge in [-0.1, -0.05) is 30.1 Å². The zero-order chi connectivity index (χ0) is 15.2. The number of hydrogen-bond donors (Lipinski definition) is 1. The van der Waals surface area contributed by atoms with Crippen LogP contribution in [0.1, 0.15) is 38.3 Å². The summed E-state index contributed by atoms with van der Waals surface area (Å²) in [5, 5.41) is 4.83. The summed E-state index contributed by atoms with van der Waals surface area (Å²) >= 11 is 12.8. The van der Waals surface area contributed by atoms with E-state index >= 15 is 0 Å². The lowest BCUT2D eigenvalue weighted by molar-refractivity contribution is 0.0393. The quantitative estimate of drug-likeness (QED) is 0.834. The van der Waals surface area contributed by atoms with E-state index < -0.39 is 0 Å². The van der Waals surface area contributed by atoms with Gasteiger partial charge in [-0.3, -0.25) is 0 Å². The number of benzene rings is 1. The van der Waals surface area contributed by atoms with Gasteiger partial charge in [-0.05, 0) is 37.9 Å². The molecule has 1 aliphatic rings. The van der Waals surface area contributed by atoms with Crippen molar-refractivity contribution in [2.75, 3.05) is 26.4 Å². The molecular formula is C16H23Cl2NO2. The molecule has 0 amide bonds. The van der Waals surface area contributed by atoms with Gasteiger partial charge in [0.05, 0.1) is 18.2 Å². The fraction of sp³-hybridized carbons (Fsp3) is 0.625. The number of hydrogen-bond acceptors (Lipinski definition) is 3. The topological polar surface area (TPSA) is 30.5 Å². The van der Waals surface area contributed by atoms with Gasteiger partial charge in [0.25, 0.3) is 0 Å². The third-order valence-corrected chi connectivity index (χ3v) is 4.40. The Morgan fingerprint density at radius 3 is 2.76 bits per heavy atom. The first-order valence-corrected chi connectivity index (χ1v) is 8.35. The van der Waals surface area contributed by atoms with Crippen molar-refractivity contribution in [1.82, 2.24) is 5.32 Å². The minimum Gasteiger partial charge on any atom is -0.492 e. The first kappa shape index (κ1) is 16.9. The third kappa shape index (κ3) is 4.26. The second-order valence-corrected chi connectivity index (χ2v) is 6.06. The molecule has 1 aromatic rings. The summed E-state index contributed by atoms with van der Waals surface area (Å²) in [6.45, 7) is 7.09. The molecule has 2 atom stereocenters. The van der Waals surface area contributed by atoms with E-state index in [4.69, 9.17) is 32.7 Å². The van der Waals surface area contributed by atoms with Crippen molar-refractivity contribution in [3.05, 3.63) is 27.7 Å². The molecular weight excluding hydrogens is 309 g/mol. The van der Waals surface area contributed by atoms with Crippen molar-refractivity contribution in [1.29, 1.82) is 0 Å². The monoisotopic (exact) mass is 331 g/mol. The van der Waals surface area contributed by atoms with Gasteiger partial charge in [-0.15, -0.1) is 0 Å². The molecule has 21 heavy (non-hydrogen) atoms. The fourth-order valence-electron chi connectivity index (χ4n) is 2.83. The summed E-state index contributed by atoms with van der Waals surface area (Å²) in [5.41, 5.74) is 1.03. The van der Waals surface area contributed by atoms with Crippen molar-refractivity contribution >= 4 is 23.2 Å². The summed E-state index contributed by atoms with van der Waals surface area (Å²) in [5.74, 6) is 1.06. The van der Waals surface area contributed by atoms with Crippen molar-refractivity contribution in [2.45, 2.75) is 32.7 Å². The third-order valence-electron chi connectivity index (χ3n) is 3.78. The molecule has 0 radical (unpaired) electrons. The molecule has 5 heteroatoms. The van der Waals surface area contributed by atoms with Crippen LogP contribution in [-0.4, -0.2) is 26.4 Å². The van der Waals surface area contributed by atoms with E-state index in [2.05, 4.69) is 12.2 Å². The van der Waals surface area contributed by atoms with E-state index in [-0.39, 0.29) is 6.04 Å². The summed E-state index contributed by atoms with van der Waals surface area (Å²) in [7, 11) is 0. The molecule has 0 aromatic heterocycles. The van der Waals surface area contributed by atoms with Crippen LogP contribution in [0.25, 0.3) is 0 Å². The molecule has 0 saturated carbocycles. The van der Waals surface area contributed by atoms with Gasteiger partial charge in [0.15, 0.2) is 0 Å². The molecule has 1 aromatic carbocycles. The maximum absolute atomic E-state index is 6.47. The average Bonchev–Trinajstić information content (AvgIpc) is 2.50. The molecule has 0 bridgehead atoms. The number of ether oxygens (including phenoxy) is 2. The summed E-state index contributed by atoms with van der Waals surface area (Å²) in [6.07, 6.45) is 2.23. The number of nitrogens with one attached hydrogen (secondary N) is 1. The van der Waals surface area contributed by atoms with Crippen LogP contribution < -0.4 is 10.1 Å². The zero-order valence-corrected chi connectivity index (χ0v) is 14.1. The van der Waals surface area contributed by atoms with Gasteiger partial charge in [0, 0.05) is 29.7 Å². The lowest BCUT2D eigenvalue weighted by atomic mass is 9.88. The maximum atomic E-state index is 6.47. The van der Waals surface area contributed by atoms with Crippen LogP contribution in [0.5, 0.6) is 5.75 Å². The predicted octanol–water partition coefficient (Wildman–Crippen LogP) is 4.47. The standard InChI is InChI=1S/C16H23Cl2NO2/c1-3-19-16(11-6-5-7-20-10-11)12-8-14(18)15(21-4-2)9-13(12)17/h8-9,11,16,19H,3-7,10H2,1-2H3. The molecule has 1 fully saturated rings. The summed E-state index contributed by atoms with van der Waals surface area (Å²) in [6, 6.07) is 3.91. The Morgan fingerprint density at radius 1 is 1.33 bits per heavy atom. The van der Waals surface area contributed by atoms with Crippen LogP contribution >= 0.6 is 23.2 Å².